The van der Waals surface area contributed by atoms with E-state index in [-0.39, 0.29) is 44.5 Å². The Balaban J connectivity index is 1.52. The number of nitrogens with one attached hydrogen (secondary N) is 7. The van der Waals surface area contributed by atoms with E-state index in [9.17, 15) is 53.4 Å². The third-order valence-corrected chi connectivity index (χ3v) is 16.4. The number of carboxylic acids is 1. The molecule has 2 aromatic rings. The number of para-hydroxylation sites is 1. The van der Waals surface area contributed by atoms with Crippen LogP contribution in [-0.2, 0) is 49.6 Å². The normalized spacial score (nSPS) is 25.8. The SMILES string of the molecule is CC[C@H](C)[C@H]1NC(=O)[C@H](Cc2cc3ccccc3[nH]2)NC(=O)CC2(CCCCC2)SSC[C@H](C(=O)N2CCC[C@H]2C(=O)N[C@@H](CCCN)C(=O)O)NC(=O)[C@@H](CC(N)=O)NC(=O)[C@H]([C@@H](C)O)NC1=O. The van der Waals surface area contributed by atoms with E-state index in [0.717, 1.165) is 30.2 Å². The number of carbonyl (C=O) groups excluding carboxylic acids is 8. The number of nitrogens with zero attached hydrogens (tertiary/aromatic N) is 1. The molecule has 2 aliphatic heterocycles. The van der Waals surface area contributed by atoms with Crippen molar-refractivity contribution in [2.75, 3.05) is 18.8 Å². The van der Waals surface area contributed by atoms with Crippen molar-refractivity contribution >= 4 is 85.7 Å². The van der Waals surface area contributed by atoms with Crippen molar-refractivity contribution in [3.8, 4) is 0 Å². The molecule has 1 aromatic heterocycles. The molecule has 0 unspecified atom stereocenters. The topological polar surface area (TPSA) is 337 Å². The summed E-state index contributed by atoms with van der Waals surface area (Å²) in [6, 6.07) is -0.219. The van der Waals surface area contributed by atoms with Gasteiger partial charge in [-0.2, -0.15) is 0 Å². The number of aliphatic hydroxyl groups is 1. The molecule has 3 heterocycles. The minimum atomic E-state index is -1.73. The number of nitrogens with two attached hydrogens (primary N) is 2. The van der Waals surface area contributed by atoms with Crippen LogP contribution in [0.25, 0.3) is 10.9 Å². The lowest BCUT2D eigenvalue weighted by atomic mass is 9.85. The van der Waals surface area contributed by atoms with Gasteiger partial charge in [-0.1, -0.05) is 79.3 Å². The predicted octanol–water partition coefficient (Wildman–Crippen LogP) is 0.224. The van der Waals surface area contributed by atoms with Crippen LogP contribution in [0.15, 0.2) is 30.3 Å². The van der Waals surface area contributed by atoms with Crippen LogP contribution in [0.1, 0.15) is 104 Å². The highest BCUT2D eigenvalue weighted by molar-refractivity contribution is 8.77. The Morgan fingerprint density at radius 1 is 0.899 bits per heavy atom. The first-order valence-corrected chi connectivity index (χ1v) is 26.0. The summed E-state index contributed by atoms with van der Waals surface area (Å²) in [6.45, 7) is 5.02. The molecule has 1 aromatic carbocycles. The van der Waals surface area contributed by atoms with Gasteiger partial charge in [0, 0.05) is 41.1 Å². The van der Waals surface area contributed by atoms with Crippen molar-refractivity contribution in [2.24, 2.45) is 17.4 Å². The molecule has 13 N–H and O–H groups in total. The van der Waals surface area contributed by atoms with E-state index in [1.807, 2.05) is 30.3 Å². The number of carboxylic acid groups (broad SMARTS) is 1. The monoisotopic (exact) mass is 1000 g/mol. The summed E-state index contributed by atoms with van der Waals surface area (Å²) < 4.78 is -0.684. The molecule has 3 aliphatic rings. The number of H-pyrrole nitrogens is 1. The van der Waals surface area contributed by atoms with Gasteiger partial charge in [0.1, 0.15) is 42.3 Å². The Hall–Kier alpha value is -5.39. The second-order valence-electron chi connectivity index (χ2n) is 18.4. The van der Waals surface area contributed by atoms with E-state index >= 15 is 0 Å². The number of hydrogen-bond acceptors (Lipinski definition) is 13. The van der Waals surface area contributed by atoms with Gasteiger partial charge < -0.3 is 63.5 Å². The van der Waals surface area contributed by atoms with Gasteiger partial charge in [-0.15, -0.1) is 0 Å². The third-order valence-electron chi connectivity index (χ3n) is 13.0. The number of carbonyl (C=O) groups is 9. The van der Waals surface area contributed by atoms with Gasteiger partial charge in [-0.25, -0.2) is 4.79 Å². The minimum Gasteiger partial charge on any atom is -0.480 e. The lowest BCUT2D eigenvalue weighted by Gasteiger charge is -2.37. The molecule has 2 saturated heterocycles. The summed E-state index contributed by atoms with van der Waals surface area (Å²) in [7, 11) is 2.58. The predicted molar refractivity (Wildman–Crippen MR) is 260 cm³/mol. The van der Waals surface area contributed by atoms with Gasteiger partial charge in [0.15, 0.2) is 0 Å². The molecule has 8 amide bonds. The summed E-state index contributed by atoms with van der Waals surface area (Å²) in [5.41, 5.74) is 12.6. The molecular weight excluding hydrogens is 933 g/mol. The summed E-state index contributed by atoms with van der Waals surface area (Å²) in [5, 5.41) is 37.4. The van der Waals surface area contributed by atoms with E-state index in [2.05, 4.69) is 36.9 Å². The fraction of sp³-hybridized carbons (Fsp3) is 0.630. The van der Waals surface area contributed by atoms with Crippen LogP contribution < -0.4 is 43.4 Å². The highest BCUT2D eigenvalue weighted by Gasteiger charge is 2.43. The number of primary amides is 1. The van der Waals surface area contributed by atoms with Crippen molar-refractivity contribution in [3.05, 3.63) is 36.0 Å². The summed E-state index contributed by atoms with van der Waals surface area (Å²) in [6.07, 6.45) is 2.77. The van der Waals surface area contributed by atoms with Crippen LogP contribution in [0, 0.1) is 5.92 Å². The Bertz CT molecular complexity index is 2150. The van der Waals surface area contributed by atoms with Crippen LogP contribution >= 0.6 is 21.6 Å². The van der Waals surface area contributed by atoms with Gasteiger partial charge >= 0.3 is 5.97 Å². The van der Waals surface area contributed by atoms with Gasteiger partial charge in [0.2, 0.25) is 47.3 Å². The molecule has 69 heavy (non-hydrogen) atoms. The maximum Gasteiger partial charge on any atom is 0.326 e. The van der Waals surface area contributed by atoms with Crippen LogP contribution in [-0.4, -0.2) is 145 Å². The highest BCUT2D eigenvalue weighted by Crippen LogP contribution is 2.48. The summed E-state index contributed by atoms with van der Waals surface area (Å²) >= 11 is 0. The minimum absolute atomic E-state index is 0.0204. The number of aromatic amines is 1. The van der Waals surface area contributed by atoms with Crippen LogP contribution in [0.5, 0.6) is 0 Å². The molecule has 0 radical (unpaired) electrons. The van der Waals surface area contributed by atoms with Gasteiger partial charge in [0.05, 0.1) is 12.5 Å². The second kappa shape index (κ2) is 25.5. The number of fused-ring (bicyclic) bond motifs is 1. The number of aromatic nitrogens is 1. The van der Waals surface area contributed by atoms with E-state index in [0.29, 0.717) is 37.8 Å². The zero-order valence-electron chi connectivity index (χ0n) is 39.4. The number of aliphatic carboxylic acids is 1. The molecule has 9 atom stereocenters. The summed E-state index contributed by atoms with van der Waals surface area (Å²) in [5.74, 6) is -8.36. The zero-order chi connectivity index (χ0) is 50.4. The smallest absolute Gasteiger partial charge is 0.326 e. The lowest BCUT2D eigenvalue weighted by Crippen LogP contribution is -2.63. The van der Waals surface area contributed by atoms with Gasteiger partial charge in [0.25, 0.3) is 0 Å². The van der Waals surface area contributed by atoms with Crippen molar-refractivity contribution in [1.29, 1.82) is 0 Å². The van der Waals surface area contributed by atoms with E-state index in [1.165, 1.54) is 33.4 Å². The number of aliphatic hydroxyl groups excluding tert-OH is 1. The van der Waals surface area contributed by atoms with Crippen molar-refractivity contribution in [3.63, 3.8) is 0 Å². The molecule has 3 fully saturated rings. The van der Waals surface area contributed by atoms with E-state index in [1.54, 1.807) is 13.8 Å². The van der Waals surface area contributed by atoms with Gasteiger partial charge in [-0.05, 0) is 75.4 Å². The number of amides is 8. The van der Waals surface area contributed by atoms with E-state index < -0.39 is 119 Å². The second-order valence-corrected chi connectivity index (χ2v) is 21.2. The first-order chi connectivity index (χ1) is 32.8. The number of likely N-dealkylation sites (tertiary alicyclic amines) is 1. The first-order valence-electron chi connectivity index (χ1n) is 23.7. The van der Waals surface area contributed by atoms with Gasteiger partial charge in [-0.3, -0.25) is 38.4 Å². The molecular formula is C46H68N10O11S2. The number of hydrogen-bond donors (Lipinski definition) is 11. The molecule has 1 spiro atoms. The average Bonchev–Trinajstić information content (AvgIpc) is 3.97. The van der Waals surface area contributed by atoms with Crippen LogP contribution in [0.2, 0.25) is 0 Å². The molecule has 0 bridgehead atoms. The van der Waals surface area contributed by atoms with Crippen molar-refractivity contribution < 1.29 is 53.4 Å². The highest BCUT2D eigenvalue weighted by atomic mass is 33.1. The largest absolute Gasteiger partial charge is 0.480 e. The van der Waals surface area contributed by atoms with Crippen molar-refractivity contribution in [1.82, 2.24) is 41.8 Å². The summed E-state index contributed by atoms with van der Waals surface area (Å²) in [4.78, 5) is 128. The Morgan fingerprint density at radius 3 is 2.23 bits per heavy atom. The molecule has 1 saturated carbocycles. The van der Waals surface area contributed by atoms with Crippen LogP contribution in [0.3, 0.4) is 0 Å². The molecule has 380 valence electrons. The molecule has 23 heteroatoms. The number of benzene rings is 1. The number of rotatable bonds is 14. The Labute approximate surface area is 409 Å². The van der Waals surface area contributed by atoms with Crippen molar-refractivity contribution in [2.45, 2.75) is 157 Å². The first kappa shape index (κ1) is 54.5. The average molecular weight is 1000 g/mol. The fourth-order valence-electron chi connectivity index (χ4n) is 9.00. The fourth-order valence-corrected chi connectivity index (χ4v) is 12.4. The Morgan fingerprint density at radius 2 is 1.58 bits per heavy atom. The maximum atomic E-state index is 14.6. The maximum absolute atomic E-state index is 14.6. The standard InChI is InChI=1S/C46H68N10O11S2/c1-4-25(2)37-42(63)55-38(26(3)57)43(64)52-32(22-35(48)58)39(60)53-33(44(65)56-19-11-15-34(56)41(62)51-30(45(66)67)14-10-18-47)24-68-69-46(16-8-5-9-17-46)23-36(59)50-31(40(61)54-37)21-28-20-27-12-6-7-13-29(27)49-28/h6-7,12-13,20,25-26,30-34,37-38,49,57H,4-5,8-11,14-19,21-24,47H2,1-3H3,(H2,48,58)(H,50,59)(H,51,62)(H,52,64)(H,53,60)(H,54,61)(H,55,63)(H,66,67)/t25-,26+,30-,31-,32+,33+,34-,37+,38-/m0/s1. The van der Waals surface area contributed by atoms with E-state index in [4.69, 9.17) is 11.5 Å². The third kappa shape index (κ3) is 15.1. The lowest BCUT2D eigenvalue weighted by molar-refractivity contribution is -0.145. The molecule has 21 nitrogen and oxygen atoms in total. The Kier molecular flexibility index (Phi) is 20.1. The van der Waals surface area contributed by atoms with Crippen LogP contribution in [0.4, 0.5) is 0 Å². The quantitative estimate of drug-likeness (QED) is 0.113. The zero-order valence-corrected chi connectivity index (χ0v) is 41.0. The molecule has 5 rings (SSSR count). The molecule has 1 aliphatic carbocycles.